The molecule has 2 rings (SSSR count). The maximum Gasteiger partial charge on any atom is 0.0842 e. The summed E-state index contributed by atoms with van der Waals surface area (Å²) in [5, 5.41) is 3.67. The smallest absolute Gasteiger partial charge is 0.0842 e. The fraction of sp³-hybridized carbons (Fsp3) is 0.667. The lowest BCUT2D eigenvalue weighted by molar-refractivity contribution is 0.0248. The standard InChI is InChI=1S/C18H29NO/c1-4-8-14(3)17(19-5-2)13-18-16-10-7-6-9-15(16)11-12-20-18/h6-7,9-10,14,17-19H,4-5,8,11-13H2,1-3H3. The van der Waals surface area contributed by atoms with Crippen LogP contribution in [0.3, 0.4) is 0 Å². The van der Waals surface area contributed by atoms with Gasteiger partial charge in [0.15, 0.2) is 0 Å². The zero-order chi connectivity index (χ0) is 14.4. The second kappa shape index (κ2) is 7.80. The Bertz CT molecular complexity index is 404. The van der Waals surface area contributed by atoms with Crippen molar-refractivity contribution in [1.29, 1.82) is 0 Å². The average molecular weight is 275 g/mol. The molecule has 1 aromatic rings. The molecular formula is C18H29NO. The number of benzene rings is 1. The Morgan fingerprint density at radius 3 is 2.85 bits per heavy atom. The van der Waals surface area contributed by atoms with E-state index in [-0.39, 0.29) is 6.10 Å². The minimum atomic E-state index is 0.267. The molecule has 3 unspecified atom stereocenters. The van der Waals surface area contributed by atoms with Crippen molar-refractivity contribution in [3.05, 3.63) is 35.4 Å². The van der Waals surface area contributed by atoms with Crippen LogP contribution in [0.15, 0.2) is 24.3 Å². The van der Waals surface area contributed by atoms with Crippen LogP contribution < -0.4 is 5.32 Å². The Balaban J connectivity index is 2.07. The average Bonchev–Trinajstić information content (AvgIpc) is 2.47. The van der Waals surface area contributed by atoms with Crippen LogP contribution >= 0.6 is 0 Å². The van der Waals surface area contributed by atoms with Crippen LogP contribution in [0.1, 0.15) is 57.3 Å². The number of rotatable bonds is 7. The van der Waals surface area contributed by atoms with Crippen molar-refractivity contribution in [2.45, 2.75) is 58.6 Å². The van der Waals surface area contributed by atoms with Crippen LogP contribution in [0.2, 0.25) is 0 Å². The number of fused-ring (bicyclic) bond motifs is 1. The molecule has 1 N–H and O–H groups in total. The summed E-state index contributed by atoms with van der Waals surface area (Å²) in [6.45, 7) is 8.73. The van der Waals surface area contributed by atoms with Gasteiger partial charge in [0.1, 0.15) is 0 Å². The van der Waals surface area contributed by atoms with Crippen molar-refractivity contribution in [3.63, 3.8) is 0 Å². The fourth-order valence-electron chi connectivity index (χ4n) is 3.34. The van der Waals surface area contributed by atoms with E-state index in [1.54, 1.807) is 0 Å². The van der Waals surface area contributed by atoms with Gasteiger partial charge in [0, 0.05) is 6.04 Å². The van der Waals surface area contributed by atoms with Crippen molar-refractivity contribution < 1.29 is 4.74 Å². The quantitative estimate of drug-likeness (QED) is 0.808. The van der Waals surface area contributed by atoms with Crippen LogP contribution in [0.4, 0.5) is 0 Å². The minimum absolute atomic E-state index is 0.267. The molecule has 0 saturated heterocycles. The van der Waals surface area contributed by atoms with Gasteiger partial charge in [-0.1, -0.05) is 51.5 Å². The van der Waals surface area contributed by atoms with Gasteiger partial charge >= 0.3 is 0 Å². The summed E-state index contributed by atoms with van der Waals surface area (Å²) in [4.78, 5) is 0. The Hall–Kier alpha value is -0.860. The van der Waals surface area contributed by atoms with Crippen LogP contribution in [0.5, 0.6) is 0 Å². The molecule has 2 heteroatoms. The zero-order valence-electron chi connectivity index (χ0n) is 13.2. The molecule has 2 nitrogen and oxygen atoms in total. The Morgan fingerprint density at radius 1 is 1.30 bits per heavy atom. The molecule has 0 bridgehead atoms. The third-order valence-electron chi connectivity index (χ3n) is 4.46. The van der Waals surface area contributed by atoms with E-state index in [1.165, 1.54) is 24.0 Å². The number of hydrogen-bond donors (Lipinski definition) is 1. The minimum Gasteiger partial charge on any atom is -0.373 e. The van der Waals surface area contributed by atoms with Crippen molar-refractivity contribution in [1.82, 2.24) is 5.32 Å². The summed E-state index contributed by atoms with van der Waals surface area (Å²) >= 11 is 0. The summed E-state index contributed by atoms with van der Waals surface area (Å²) in [5.74, 6) is 0.706. The van der Waals surface area contributed by atoms with Crippen LogP contribution in [0, 0.1) is 5.92 Å². The first-order valence-electron chi connectivity index (χ1n) is 8.19. The van der Waals surface area contributed by atoms with E-state index >= 15 is 0 Å². The second-order valence-corrected chi connectivity index (χ2v) is 5.97. The van der Waals surface area contributed by atoms with E-state index in [0.29, 0.717) is 12.0 Å². The van der Waals surface area contributed by atoms with Gasteiger partial charge in [-0.2, -0.15) is 0 Å². The summed E-state index contributed by atoms with van der Waals surface area (Å²) in [7, 11) is 0. The maximum absolute atomic E-state index is 6.07. The first-order valence-corrected chi connectivity index (χ1v) is 8.19. The number of hydrogen-bond acceptors (Lipinski definition) is 2. The van der Waals surface area contributed by atoms with Crippen molar-refractivity contribution in [2.75, 3.05) is 13.2 Å². The van der Waals surface area contributed by atoms with Crippen molar-refractivity contribution >= 4 is 0 Å². The van der Waals surface area contributed by atoms with E-state index < -0.39 is 0 Å². The highest BCUT2D eigenvalue weighted by atomic mass is 16.5. The van der Waals surface area contributed by atoms with E-state index in [4.69, 9.17) is 4.74 Å². The lowest BCUT2D eigenvalue weighted by Gasteiger charge is -2.32. The van der Waals surface area contributed by atoms with Gasteiger partial charge in [0.25, 0.3) is 0 Å². The fourth-order valence-corrected chi connectivity index (χ4v) is 3.34. The molecule has 112 valence electrons. The lowest BCUT2D eigenvalue weighted by atomic mass is 9.87. The maximum atomic E-state index is 6.07. The molecule has 0 amide bonds. The molecule has 20 heavy (non-hydrogen) atoms. The topological polar surface area (TPSA) is 21.3 Å². The third-order valence-corrected chi connectivity index (χ3v) is 4.46. The highest BCUT2D eigenvalue weighted by molar-refractivity contribution is 5.31. The Labute approximate surface area is 123 Å². The highest BCUT2D eigenvalue weighted by Gasteiger charge is 2.26. The normalized spacial score (nSPS) is 21.2. The molecule has 0 radical (unpaired) electrons. The molecular weight excluding hydrogens is 246 g/mol. The Morgan fingerprint density at radius 2 is 2.10 bits per heavy atom. The van der Waals surface area contributed by atoms with Gasteiger partial charge in [-0.3, -0.25) is 0 Å². The lowest BCUT2D eigenvalue weighted by Crippen LogP contribution is -2.37. The summed E-state index contributed by atoms with van der Waals surface area (Å²) < 4.78 is 6.07. The van der Waals surface area contributed by atoms with Crippen LogP contribution in [0.25, 0.3) is 0 Å². The van der Waals surface area contributed by atoms with Crippen molar-refractivity contribution in [2.24, 2.45) is 5.92 Å². The van der Waals surface area contributed by atoms with E-state index in [1.807, 2.05) is 0 Å². The van der Waals surface area contributed by atoms with Gasteiger partial charge in [-0.15, -0.1) is 0 Å². The Kier molecular flexibility index (Phi) is 6.06. The third kappa shape index (κ3) is 3.83. The molecule has 1 aliphatic rings. The molecule has 0 saturated carbocycles. The van der Waals surface area contributed by atoms with Crippen molar-refractivity contribution in [3.8, 4) is 0 Å². The number of ether oxygens (including phenoxy) is 1. The first-order chi connectivity index (χ1) is 9.76. The summed E-state index contributed by atoms with van der Waals surface area (Å²) in [5.41, 5.74) is 2.88. The molecule has 1 aromatic carbocycles. The van der Waals surface area contributed by atoms with E-state index in [2.05, 4.69) is 50.4 Å². The van der Waals surface area contributed by atoms with E-state index in [0.717, 1.165) is 26.0 Å². The van der Waals surface area contributed by atoms with Gasteiger partial charge in [0.2, 0.25) is 0 Å². The summed E-state index contributed by atoms with van der Waals surface area (Å²) in [6.07, 6.45) is 4.95. The second-order valence-electron chi connectivity index (χ2n) is 5.97. The summed E-state index contributed by atoms with van der Waals surface area (Å²) in [6, 6.07) is 9.33. The number of nitrogens with one attached hydrogen (secondary N) is 1. The monoisotopic (exact) mass is 275 g/mol. The molecule has 0 spiro atoms. The van der Waals surface area contributed by atoms with Gasteiger partial charge in [0.05, 0.1) is 12.7 Å². The van der Waals surface area contributed by atoms with Gasteiger partial charge in [-0.05, 0) is 42.9 Å². The zero-order valence-corrected chi connectivity index (χ0v) is 13.2. The molecule has 0 aliphatic carbocycles. The molecule has 0 fully saturated rings. The molecule has 1 heterocycles. The molecule has 1 aliphatic heterocycles. The van der Waals surface area contributed by atoms with Crippen LogP contribution in [-0.4, -0.2) is 19.2 Å². The van der Waals surface area contributed by atoms with Gasteiger partial charge < -0.3 is 10.1 Å². The highest BCUT2D eigenvalue weighted by Crippen LogP contribution is 2.32. The predicted molar refractivity (Wildman–Crippen MR) is 85.0 cm³/mol. The largest absolute Gasteiger partial charge is 0.373 e. The molecule has 0 aromatic heterocycles. The molecule has 3 atom stereocenters. The van der Waals surface area contributed by atoms with Crippen LogP contribution in [-0.2, 0) is 11.2 Å². The first kappa shape index (κ1) is 15.5. The van der Waals surface area contributed by atoms with Gasteiger partial charge in [-0.25, -0.2) is 0 Å². The predicted octanol–water partition coefficient (Wildman–Crippen LogP) is 4.10. The SMILES string of the molecule is CCCC(C)C(CC1OCCc2ccccc21)NCC. The van der Waals surface area contributed by atoms with E-state index in [9.17, 15) is 0 Å².